The molecule has 1 aromatic carbocycles. The number of piperazine rings is 2. The molecule has 0 spiro atoms. The van der Waals surface area contributed by atoms with Crippen molar-refractivity contribution in [2.24, 2.45) is 4.99 Å². The van der Waals surface area contributed by atoms with Gasteiger partial charge in [-0.3, -0.25) is 4.99 Å². The lowest BCUT2D eigenvalue weighted by molar-refractivity contribution is 0.136. The first kappa shape index (κ1) is 27.0. The maximum absolute atomic E-state index is 5.55. The lowest BCUT2D eigenvalue weighted by Crippen LogP contribution is -2.52. The van der Waals surface area contributed by atoms with Gasteiger partial charge in [0.2, 0.25) is 0 Å². The number of nitrogens with one attached hydrogen (secondary N) is 1. The Morgan fingerprint density at radius 2 is 1.62 bits per heavy atom. The zero-order chi connectivity index (χ0) is 21.9. The highest BCUT2D eigenvalue weighted by Crippen LogP contribution is 2.28. The summed E-state index contributed by atoms with van der Waals surface area (Å²) >= 11 is 0. The summed E-state index contributed by atoms with van der Waals surface area (Å²) in [4.78, 5) is 14.9. The molecule has 2 fully saturated rings. The summed E-state index contributed by atoms with van der Waals surface area (Å²) in [6.07, 6.45) is 2.39. The number of hydrogen-bond acceptors (Lipinski definition) is 5. The number of unbranched alkanes of at least 4 members (excludes halogenated alkanes) is 1. The lowest BCUT2D eigenvalue weighted by Gasteiger charge is -2.38. The molecule has 182 valence electrons. The number of halogens is 1. The maximum atomic E-state index is 5.55. The molecule has 2 aliphatic rings. The molecule has 0 radical (unpaired) electrons. The average Bonchev–Trinajstić information content (AvgIpc) is 2.83. The number of likely N-dealkylation sites (N-methyl/N-ethyl adjacent to an activating group) is 1. The van der Waals surface area contributed by atoms with Crippen molar-refractivity contribution in [2.45, 2.75) is 26.7 Å². The van der Waals surface area contributed by atoms with E-state index in [1.54, 1.807) is 7.11 Å². The maximum Gasteiger partial charge on any atom is 0.194 e. The molecular formula is C24H43IN6O. The summed E-state index contributed by atoms with van der Waals surface area (Å²) in [5.41, 5.74) is 1.19. The zero-order valence-electron chi connectivity index (χ0n) is 20.3. The number of rotatable bonds is 9. The van der Waals surface area contributed by atoms with Crippen molar-refractivity contribution in [3.05, 3.63) is 24.3 Å². The molecule has 0 aliphatic carbocycles. The Balaban J connectivity index is 0.00000363. The lowest BCUT2D eigenvalue weighted by atomic mass is 10.2. The van der Waals surface area contributed by atoms with Crippen molar-refractivity contribution in [1.82, 2.24) is 20.0 Å². The van der Waals surface area contributed by atoms with Gasteiger partial charge in [-0.15, -0.1) is 24.0 Å². The van der Waals surface area contributed by atoms with Crippen molar-refractivity contribution in [3.63, 3.8) is 0 Å². The molecule has 1 aromatic rings. The van der Waals surface area contributed by atoms with Crippen LogP contribution < -0.4 is 15.0 Å². The van der Waals surface area contributed by atoms with Crippen LogP contribution in [0, 0.1) is 0 Å². The number of nitrogens with zero attached hydrogens (tertiary/aromatic N) is 5. The van der Waals surface area contributed by atoms with E-state index in [4.69, 9.17) is 9.73 Å². The minimum Gasteiger partial charge on any atom is -0.495 e. The second-order valence-corrected chi connectivity index (χ2v) is 8.36. The van der Waals surface area contributed by atoms with Crippen molar-refractivity contribution >= 4 is 35.6 Å². The molecule has 0 bridgehead atoms. The fourth-order valence-electron chi connectivity index (χ4n) is 4.44. The quantitative estimate of drug-likeness (QED) is 0.218. The van der Waals surface area contributed by atoms with E-state index in [0.29, 0.717) is 0 Å². The summed E-state index contributed by atoms with van der Waals surface area (Å²) in [5.74, 6) is 2.02. The molecule has 0 saturated carbocycles. The van der Waals surface area contributed by atoms with E-state index in [2.05, 4.69) is 50.9 Å². The van der Waals surface area contributed by atoms with Crippen LogP contribution in [0.3, 0.4) is 0 Å². The average molecular weight is 559 g/mol. The van der Waals surface area contributed by atoms with Crippen LogP contribution in [0.2, 0.25) is 0 Å². The summed E-state index contributed by atoms with van der Waals surface area (Å²) in [6, 6.07) is 8.30. The van der Waals surface area contributed by atoms with Gasteiger partial charge in [-0.25, -0.2) is 0 Å². The Morgan fingerprint density at radius 3 is 2.28 bits per heavy atom. The van der Waals surface area contributed by atoms with Crippen LogP contribution in [0.25, 0.3) is 0 Å². The third-order valence-corrected chi connectivity index (χ3v) is 6.40. The van der Waals surface area contributed by atoms with Crippen LogP contribution in [-0.2, 0) is 0 Å². The third kappa shape index (κ3) is 7.95. The molecule has 2 saturated heterocycles. The molecule has 1 N–H and O–H groups in total. The molecule has 8 heteroatoms. The zero-order valence-corrected chi connectivity index (χ0v) is 22.6. The largest absolute Gasteiger partial charge is 0.495 e. The minimum atomic E-state index is 0. The van der Waals surface area contributed by atoms with E-state index in [9.17, 15) is 0 Å². The van der Waals surface area contributed by atoms with E-state index < -0.39 is 0 Å². The van der Waals surface area contributed by atoms with Crippen molar-refractivity contribution in [1.29, 1.82) is 0 Å². The molecular weight excluding hydrogens is 515 g/mol. The second-order valence-electron chi connectivity index (χ2n) is 8.36. The summed E-state index contributed by atoms with van der Waals surface area (Å²) < 4.78 is 5.55. The van der Waals surface area contributed by atoms with Gasteiger partial charge in [0.1, 0.15) is 5.75 Å². The van der Waals surface area contributed by atoms with E-state index in [1.807, 2.05) is 12.1 Å². The van der Waals surface area contributed by atoms with Crippen molar-refractivity contribution in [2.75, 3.05) is 90.5 Å². The van der Waals surface area contributed by atoms with Crippen LogP contribution in [0.5, 0.6) is 5.75 Å². The molecule has 0 amide bonds. The first-order chi connectivity index (χ1) is 15.2. The highest BCUT2D eigenvalue weighted by Gasteiger charge is 2.21. The van der Waals surface area contributed by atoms with E-state index in [1.165, 1.54) is 51.4 Å². The summed E-state index contributed by atoms with van der Waals surface area (Å²) in [5, 5.41) is 3.50. The normalized spacial score (nSPS) is 18.4. The summed E-state index contributed by atoms with van der Waals surface area (Å²) in [6.45, 7) is 17.4. The van der Waals surface area contributed by atoms with Gasteiger partial charge < -0.3 is 29.7 Å². The number of ether oxygens (including phenoxy) is 1. The fraction of sp³-hybridized carbons (Fsp3) is 0.708. The minimum absolute atomic E-state index is 0. The number of guanidine groups is 1. The number of anilines is 1. The Bertz CT molecular complexity index is 672. The number of hydrogen-bond donors (Lipinski definition) is 1. The molecule has 32 heavy (non-hydrogen) atoms. The van der Waals surface area contributed by atoms with Gasteiger partial charge in [0.05, 0.1) is 12.8 Å². The number of benzene rings is 1. The number of aliphatic imine (C=N–C) groups is 1. The van der Waals surface area contributed by atoms with Gasteiger partial charge in [0.15, 0.2) is 5.96 Å². The number of para-hydroxylation sites is 2. The number of methoxy groups -OCH3 is 1. The Labute approximate surface area is 212 Å². The van der Waals surface area contributed by atoms with Gasteiger partial charge >= 0.3 is 0 Å². The van der Waals surface area contributed by atoms with Crippen LogP contribution in [-0.4, -0.2) is 106 Å². The Hall–Kier alpha value is -1.26. The van der Waals surface area contributed by atoms with E-state index >= 15 is 0 Å². The van der Waals surface area contributed by atoms with E-state index in [0.717, 1.165) is 57.4 Å². The van der Waals surface area contributed by atoms with Gasteiger partial charge in [-0.1, -0.05) is 19.1 Å². The monoisotopic (exact) mass is 558 g/mol. The van der Waals surface area contributed by atoms with Gasteiger partial charge in [0, 0.05) is 65.4 Å². The molecule has 7 nitrogen and oxygen atoms in total. The smallest absolute Gasteiger partial charge is 0.194 e. The molecule has 2 heterocycles. The highest BCUT2D eigenvalue weighted by atomic mass is 127. The SMILES string of the molecule is CCNC(=NCCCCN1CCN(CC)CC1)N1CCN(c2ccccc2OC)CC1.I. The van der Waals surface area contributed by atoms with Crippen LogP contribution in [0.1, 0.15) is 26.7 Å². The first-order valence-electron chi connectivity index (χ1n) is 12.1. The molecule has 2 aliphatic heterocycles. The molecule has 3 rings (SSSR count). The van der Waals surface area contributed by atoms with Crippen LogP contribution in [0.4, 0.5) is 5.69 Å². The van der Waals surface area contributed by atoms with Crippen LogP contribution >= 0.6 is 24.0 Å². The second kappa shape index (κ2) is 14.8. The fourth-order valence-corrected chi connectivity index (χ4v) is 4.44. The van der Waals surface area contributed by atoms with E-state index in [-0.39, 0.29) is 24.0 Å². The molecule has 0 aromatic heterocycles. The third-order valence-electron chi connectivity index (χ3n) is 6.40. The predicted octanol–water partition coefficient (Wildman–Crippen LogP) is 2.82. The first-order valence-corrected chi connectivity index (χ1v) is 12.1. The predicted molar refractivity (Wildman–Crippen MR) is 146 cm³/mol. The Morgan fingerprint density at radius 1 is 0.938 bits per heavy atom. The van der Waals surface area contributed by atoms with Crippen molar-refractivity contribution in [3.8, 4) is 5.75 Å². The highest BCUT2D eigenvalue weighted by molar-refractivity contribution is 14.0. The topological polar surface area (TPSA) is 46.6 Å². The van der Waals surface area contributed by atoms with Crippen molar-refractivity contribution < 1.29 is 4.74 Å². The van der Waals surface area contributed by atoms with Crippen LogP contribution in [0.15, 0.2) is 29.3 Å². The molecule has 0 unspecified atom stereocenters. The van der Waals surface area contributed by atoms with Gasteiger partial charge in [0.25, 0.3) is 0 Å². The van der Waals surface area contributed by atoms with Gasteiger partial charge in [-0.2, -0.15) is 0 Å². The Kier molecular flexibility index (Phi) is 12.5. The molecule has 0 atom stereocenters. The standard InChI is InChI=1S/C24H42N6O.HI/c1-4-25-24(26-12-8-9-13-28-16-14-27(5-2)15-17-28)30-20-18-29(19-21-30)22-10-6-7-11-23(22)31-3;/h6-7,10-11H,4-5,8-9,12-21H2,1-3H3,(H,25,26);1H. The van der Waals surface area contributed by atoms with Gasteiger partial charge in [-0.05, 0) is 45.0 Å². The summed E-state index contributed by atoms with van der Waals surface area (Å²) in [7, 11) is 1.75.